The van der Waals surface area contributed by atoms with E-state index in [1.165, 1.54) is 6.07 Å². The molecule has 0 fully saturated rings. The Morgan fingerprint density at radius 2 is 2.10 bits per heavy atom. The van der Waals surface area contributed by atoms with Crippen LogP contribution in [0.2, 0.25) is 0 Å². The lowest BCUT2D eigenvalue weighted by molar-refractivity contribution is -0.384. The van der Waals surface area contributed by atoms with Crippen molar-refractivity contribution in [3.05, 3.63) is 58.4 Å². The molecule has 3 aromatic rings. The molecule has 100 valence electrons. The maximum absolute atomic E-state index is 11.2. The molecular formula is C14H12N4O2. The number of rotatable bonds is 3. The van der Waals surface area contributed by atoms with E-state index in [0.717, 1.165) is 12.1 Å². The van der Waals surface area contributed by atoms with Gasteiger partial charge in [0.05, 0.1) is 21.9 Å². The summed E-state index contributed by atoms with van der Waals surface area (Å²) in [6, 6.07) is 10.3. The van der Waals surface area contributed by atoms with Crippen molar-refractivity contribution in [3.63, 3.8) is 0 Å². The number of nitro groups is 1. The Balaban J connectivity index is 2.29. The standard InChI is InChI=1S/C14H12N4O2/c1-2-10-9-14-15-8-7-12(17(14)16-10)11-5-3-4-6-13(11)18(19)20/h3-9H,2H2,1H3. The minimum atomic E-state index is -0.383. The molecule has 3 rings (SSSR count). The monoisotopic (exact) mass is 268 g/mol. The summed E-state index contributed by atoms with van der Waals surface area (Å²) in [7, 11) is 0. The normalized spacial score (nSPS) is 10.8. The Morgan fingerprint density at radius 3 is 2.85 bits per heavy atom. The zero-order valence-corrected chi connectivity index (χ0v) is 10.9. The van der Waals surface area contributed by atoms with Gasteiger partial charge in [0, 0.05) is 18.3 Å². The van der Waals surface area contributed by atoms with E-state index in [9.17, 15) is 10.1 Å². The van der Waals surface area contributed by atoms with Crippen LogP contribution in [0, 0.1) is 10.1 Å². The van der Waals surface area contributed by atoms with Gasteiger partial charge in [0.15, 0.2) is 5.65 Å². The van der Waals surface area contributed by atoms with Crippen LogP contribution >= 0.6 is 0 Å². The Morgan fingerprint density at radius 1 is 1.30 bits per heavy atom. The molecule has 0 atom stereocenters. The van der Waals surface area contributed by atoms with Crippen LogP contribution in [0.25, 0.3) is 16.9 Å². The molecule has 0 amide bonds. The number of aromatic nitrogens is 3. The van der Waals surface area contributed by atoms with Gasteiger partial charge in [-0.1, -0.05) is 19.1 Å². The van der Waals surface area contributed by atoms with Crippen molar-refractivity contribution in [2.45, 2.75) is 13.3 Å². The molecule has 20 heavy (non-hydrogen) atoms. The van der Waals surface area contributed by atoms with Gasteiger partial charge in [0.2, 0.25) is 0 Å². The van der Waals surface area contributed by atoms with E-state index in [-0.39, 0.29) is 10.6 Å². The number of hydrogen-bond donors (Lipinski definition) is 0. The van der Waals surface area contributed by atoms with Gasteiger partial charge in [-0.25, -0.2) is 9.50 Å². The lowest BCUT2D eigenvalue weighted by Gasteiger charge is -2.05. The highest BCUT2D eigenvalue weighted by Crippen LogP contribution is 2.29. The molecule has 0 bridgehead atoms. The van der Waals surface area contributed by atoms with Crippen LogP contribution in [0.15, 0.2) is 42.6 Å². The molecule has 0 aliphatic carbocycles. The molecule has 2 heterocycles. The third-order valence-electron chi connectivity index (χ3n) is 3.15. The summed E-state index contributed by atoms with van der Waals surface area (Å²) in [5.41, 5.74) is 2.87. The predicted molar refractivity (Wildman–Crippen MR) is 74.5 cm³/mol. The van der Waals surface area contributed by atoms with Crippen LogP contribution in [0.4, 0.5) is 5.69 Å². The van der Waals surface area contributed by atoms with Crippen molar-refractivity contribution in [1.29, 1.82) is 0 Å². The van der Waals surface area contributed by atoms with E-state index in [0.29, 0.717) is 16.9 Å². The van der Waals surface area contributed by atoms with E-state index >= 15 is 0 Å². The summed E-state index contributed by atoms with van der Waals surface area (Å²) in [6.45, 7) is 2.01. The molecule has 6 nitrogen and oxygen atoms in total. The van der Waals surface area contributed by atoms with Gasteiger partial charge in [-0.2, -0.15) is 5.10 Å². The largest absolute Gasteiger partial charge is 0.278 e. The molecular weight excluding hydrogens is 256 g/mol. The fraction of sp³-hybridized carbons (Fsp3) is 0.143. The first-order valence-electron chi connectivity index (χ1n) is 6.28. The maximum Gasteiger partial charge on any atom is 0.278 e. The van der Waals surface area contributed by atoms with Crippen molar-refractivity contribution < 1.29 is 4.92 Å². The lowest BCUT2D eigenvalue weighted by atomic mass is 10.1. The summed E-state index contributed by atoms with van der Waals surface area (Å²) < 4.78 is 1.65. The number of aryl methyl sites for hydroxylation is 1. The zero-order valence-electron chi connectivity index (χ0n) is 10.9. The van der Waals surface area contributed by atoms with Gasteiger partial charge < -0.3 is 0 Å². The smallest absolute Gasteiger partial charge is 0.258 e. The highest BCUT2D eigenvalue weighted by molar-refractivity contribution is 5.72. The minimum absolute atomic E-state index is 0.0635. The number of nitro benzene ring substituents is 1. The fourth-order valence-electron chi connectivity index (χ4n) is 2.17. The van der Waals surface area contributed by atoms with E-state index in [1.807, 2.05) is 13.0 Å². The number of para-hydroxylation sites is 1. The summed E-state index contributed by atoms with van der Waals surface area (Å²) in [6.07, 6.45) is 2.43. The molecule has 0 saturated heterocycles. The van der Waals surface area contributed by atoms with Crippen molar-refractivity contribution in [1.82, 2.24) is 14.6 Å². The first-order chi connectivity index (χ1) is 9.70. The SMILES string of the molecule is CCc1cc2nccc(-c3ccccc3[N+](=O)[O-])n2n1. The first-order valence-corrected chi connectivity index (χ1v) is 6.28. The molecule has 6 heteroatoms. The van der Waals surface area contributed by atoms with Crippen LogP contribution < -0.4 is 0 Å². The summed E-state index contributed by atoms with van der Waals surface area (Å²) >= 11 is 0. The molecule has 0 saturated carbocycles. The highest BCUT2D eigenvalue weighted by Gasteiger charge is 2.17. The number of hydrogen-bond acceptors (Lipinski definition) is 4. The van der Waals surface area contributed by atoms with Gasteiger partial charge in [0.25, 0.3) is 5.69 Å². The Hall–Kier alpha value is -2.76. The van der Waals surface area contributed by atoms with Gasteiger partial charge in [-0.3, -0.25) is 10.1 Å². The second-order valence-electron chi connectivity index (χ2n) is 4.36. The Kier molecular flexibility index (Phi) is 2.90. The van der Waals surface area contributed by atoms with Gasteiger partial charge in [0.1, 0.15) is 0 Å². The number of nitrogens with zero attached hydrogens (tertiary/aromatic N) is 4. The molecule has 0 spiro atoms. The molecule has 0 unspecified atom stereocenters. The quantitative estimate of drug-likeness (QED) is 0.540. The van der Waals surface area contributed by atoms with Gasteiger partial charge in [-0.05, 0) is 18.6 Å². The van der Waals surface area contributed by atoms with Crippen LogP contribution in [0.1, 0.15) is 12.6 Å². The van der Waals surface area contributed by atoms with Crippen LogP contribution in [-0.2, 0) is 6.42 Å². The summed E-state index contributed by atoms with van der Waals surface area (Å²) in [5, 5.41) is 15.6. The zero-order chi connectivity index (χ0) is 14.1. The Bertz CT molecular complexity index is 795. The molecule has 0 N–H and O–H groups in total. The molecule has 0 aliphatic rings. The van der Waals surface area contributed by atoms with Crippen LogP contribution in [0.3, 0.4) is 0 Å². The third kappa shape index (κ3) is 1.91. The van der Waals surface area contributed by atoms with E-state index in [4.69, 9.17) is 0 Å². The van der Waals surface area contributed by atoms with E-state index < -0.39 is 0 Å². The molecule has 0 aliphatic heterocycles. The maximum atomic E-state index is 11.2. The second kappa shape index (κ2) is 4.73. The van der Waals surface area contributed by atoms with Crippen molar-refractivity contribution in [3.8, 4) is 11.3 Å². The van der Waals surface area contributed by atoms with Crippen LogP contribution in [-0.4, -0.2) is 19.5 Å². The van der Waals surface area contributed by atoms with Crippen molar-refractivity contribution in [2.75, 3.05) is 0 Å². The molecule has 1 aromatic carbocycles. The van der Waals surface area contributed by atoms with E-state index in [1.54, 1.807) is 35.0 Å². The summed E-state index contributed by atoms with van der Waals surface area (Å²) in [4.78, 5) is 15.0. The average Bonchev–Trinajstić information content (AvgIpc) is 2.90. The molecule has 2 aromatic heterocycles. The van der Waals surface area contributed by atoms with Gasteiger partial charge in [-0.15, -0.1) is 0 Å². The third-order valence-corrected chi connectivity index (χ3v) is 3.15. The van der Waals surface area contributed by atoms with E-state index in [2.05, 4.69) is 10.1 Å². The minimum Gasteiger partial charge on any atom is -0.258 e. The topological polar surface area (TPSA) is 73.3 Å². The summed E-state index contributed by atoms with van der Waals surface area (Å²) in [5.74, 6) is 0. The second-order valence-corrected chi connectivity index (χ2v) is 4.36. The predicted octanol–water partition coefficient (Wildman–Crippen LogP) is 2.87. The first kappa shape index (κ1) is 12.3. The van der Waals surface area contributed by atoms with Crippen molar-refractivity contribution in [2.24, 2.45) is 0 Å². The highest BCUT2D eigenvalue weighted by atomic mass is 16.6. The Labute approximate surface area is 114 Å². The number of fused-ring (bicyclic) bond motifs is 1. The van der Waals surface area contributed by atoms with Crippen LogP contribution in [0.5, 0.6) is 0 Å². The number of benzene rings is 1. The van der Waals surface area contributed by atoms with Crippen molar-refractivity contribution >= 4 is 11.3 Å². The van der Waals surface area contributed by atoms with Gasteiger partial charge >= 0.3 is 0 Å². The lowest BCUT2D eigenvalue weighted by Crippen LogP contribution is -1.99. The fourth-order valence-corrected chi connectivity index (χ4v) is 2.17. The average molecular weight is 268 g/mol. The molecule has 0 radical (unpaired) electrons.